The summed E-state index contributed by atoms with van der Waals surface area (Å²) in [6, 6.07) is 0. The molecule has 0 bridgehead atoms. The second-order valence-electron chi connectivity index (χ2n) is 1.99. The third-order valence-corrected chi connectivity index (χ3v) is 1.77. The molecular formula is C6H6Cl2N4O. The quantitative estimate of drug-likeness (QED) is 0.604. The lowest BCUT2D eigenvalue weighted by Gasteiger charge is -1.99. The minimum absolute atomic E-state index is 0.0636. The summed E-state index contributed by atoms with van der Waals surface area (Å²) in [6.07, 6.45) is 1.30. The predicted molar refractivity (Wildman–Crippen MR) is 51.1 cm³/mol. The molecule has 0 radical (unpaired) electrons. The monoisotopic (exact) mass is 220 g/mol. The van der Waals surface area contributed by atoms with Crippen LogP contribution in [0.25, 0.3) is 0 Å². The largest absolute Gasteiger partial charge is 0.399 e. The predicted octanol–water partition coefficient (Wildman–Crippen LogP) is 1.35. The second-order valence-corrected chi connectivity index (χ2v) is 2.71. The molecule has 0 spiro atoms. The summed E-state index contributed by atoms with van der Waals surface area (Å²) in [7, 11) is 1.40. The van der Waals surface area contributed by atoms with Crippen LogP contribution in [0.4, 0.5) is 5.82 Å². The Balaban J connectivity index is 3.08. The fraction of sp³-hybridized carbons (Fsp3) is 0.167. The number of halogens is 2. The number of hydrogen-bond acceptors (Lipinski definition) is 5. The Kier molecular flexibility index (Phi) is 3.27. The highest BCUT2D eigenvalue weighted by Crippen LogP contribution is 2.18. The van der Waals surface area contributed by atoms with E-state index in [9.17, 15) is 0 Å². The number of nitrogens with zero attached hydrogens (tertiary/aromatic N) is 3. The molecular weight excluding hydrogens is 215 g/mol. The van der Waals surface area contributed by atoms with E-state index >= 15 is 0 Å². The molecule has 0 fully saturated rings. The summed E-state index contributed by atoms with van der Waals surface area (Å²) < 4.78 is 0. The number of aromatic nitrogens is 2. The third kappa shape index (κ3) is 2.43. The summed E-state index contributed by atoms with van der Waals surface area (Å²) >= 11 is 11.2. The van der Waals surface area contributed by atoms with Gasteiger partial charge in [-0.1, -0.05) is 28.4 Å². The standard InChI is InChI=1S/C6H6Cl2N4O/c1-13-10-2-3-6(9)12-5(8)4(7)11-3/h2H,1H3,(H2,9,12)/b10-2+. The van der Waals surface area contributed by atoms with Gasteiger partial charge in [0.1, 0.15) is 12.8 Å². The normalized spacial score (nSPS) is 10.7. The lowest BCUT2D eigenvalue weighted by molar-refractivity contribution is 0.215. The second kappa shape index (κ2) is 4.25. The van der Waals surface area contributed by atoms with Crippen LogP contribution >= 0.6 is 23.2 Å². The van der Waals surface area contributed by atoms with E-state index in [1.807, 2.05) is 0 Å². The number of oxime groups is 1. The van der Waals surface area contributed by atoms with Crippen LogP contribution in [-0.4, -0.2) is 23.3 Å². The molecule has 0 aromatic carbocycles. The topological polar surface area (TPSA) is 73.4 Å². The Bertz CT molecular complexity index is 342. The zero-order valence-electron chi connectivity index (χ0n) is 6.66. The number of rotatable bonds is 2. The number of hydrogen-bond donors (Lipinski definition) is 1. The molecule has 0 aliphatic rings. The van der Waals surface area contributed by atoms with Gasteiger partial charge in [0.05, 0.1) is 6.21 Å². The molecule has 2 N–H and O–H groups in total. The zero-order chi connectivity index (χ0) is 9.84. The molecule has 1 aromatic heterocycles. The van der Waals surface area contributed by atoms with E-state index in [1.165, 1.54) is 13.3 Å². The highest BCUT2D eigenvalue weighted by atomic mass is 35.5. The summed E-state index contributed by atoms with van der Waals surface area (Å²) in [4.78, 5) is 12.0. The van der Waals surface area contributed by atoms with Gasteiger partial charge in [-0.2, -0.15) is 0 Å². The van der Waals surface area contributed by atoms with Gasteiger partial charge < -0.3 is 10.6 Å². The average molecular weight is 221 g/mol. The van der Waals surface area contributed by atoms with Gasteiger partial charge in [0.25, 0.3) is 0 Å². The zero-order valence-corrected chi connectivity index (χ0v) is 8.17. The summed E-state index contributed by atoms with van der Waals surface area (Å²) in [5.41, 5.74) is 5.78. The van der Waals surface area contributed by atoms with Crippen molar-refractivity contribution in [3.05, 3.63) is 16.0 Å². The molecule has 1 aromatic rings. The molecule has 0 aliphatic carbocycles. The molecule has 5 nitrogen and oxygen atoms in total. The molecule has 0 unspecified atom stereocenters. The molecule has 0 saturated carbocycles. The average Bonchev–Trinajstić information content (AvgIpc) is 2.09. The van der Waals surface area contributed by atoms with Crippen molar-refractivity contribution in [1.82, 2.24) is 9.97 Å². The van der Waals surface area contributed by atoms with Crippen LogP contribution in [0.5, 0.6) is 0 Å². The SMILES string of the molecule is CO/N=C/c1nc(Cl)c(Cl)nc1N. The fourth-order valence-corrected chi connectivity index (χ4v) is 0.883. The molecule has 0 amide bonds. The van der Waals surface area contributed by atoms with Gasteiger partial charge in [0, 0.05) is 0 Å². The van der Waals surface area contributed by atoms with Gasteiger partial charge in [-0.25, -0.2) is 9.97 Å². The lowest BCUT2D eigenvalue weighted by atomic mass is 10.4. The Morgan fingerprint density at radius 2 is 2.00 bits per heavy atom. The Hall–Kier alpha value is -1.07. The van der Waals surface area contributed by atoms with Crippen LogP contribution in [0.15, 0.2) is 5.16 Å². The van der Waals surface area contributed by atoms with Gasteiger partial charge in [0.2, 0.25) is 0 Å². The van der Waals surface area contributed by atoms with Crippen molar-refractivity contribution < 1.29 is 4.84 Å². The van der Waals surface area contributed by atoms with Crippen molar-refractivity contribution in [2.24, 2.45) is 5.16 Å². The van der Waals surface area contributed by atoms with Gasteiger partial charge in [-0.15, -0.1) is 0 Å². The van der Waals surface area contributed by atoms with Crippen molar-refractivity contribution >= 4 is 35.2 Å². The molecule has 70 valence electrons. The van der Waals surface area contributed by atoms with Crippen molar-refractivity contribution in [2.75, 3.05) is 12.8 Å². The Labute approximate surface area is 84.5 Å². The molecule has 13 heavy (non-hydrogen) atoms. The van der Waals surface area contributed by atoms with E-state index in [1.54, 1.807) is 0 Å². The number of nitrogens with two attached hydrogens (primary N) is 1. The third-order valence-electron chi connectivity index (χ3n) is 1.15. The summed E-state index contributed by atoms with van der Waals surface area (Å²) in [5, 5.41) is 3.61. The Morgan fingerprint density at radius 1 is 1.38 bits per heavy atom. The van der Waals surface area contributed by atoms with Crippen LogP contribution in [0.1, 0.15) is 5.69 Å². The molecule has 1 rings (SSSR count). The van der Waals surface area contributed by atoms with Gasteiger partial charge in [-0.3, -0.25) is 0 Å². The van der Waals surface area contributed by atoms with E-state index in [0.29, 0.717) is 5.69 Å². The lowest BCUT2D eigenvalue weighted by Crippen LogP contribution is -2.01. The van der Waals surface area contributed by atoms with Crippen molar-refractivity contribution in [1.29, 1.82) is 0 Å². The Morgan fingerprint density at radius 3 is 2.62 bits per heavy atom. The maximum atomic E-state index is 5.60. The van der Waals surface area contributed by atoms with Crippen molar-refractivity contribution in [3.63, 3.8) is 0 Å². The first-order chi connectivity index (χ1) is 6.15. The maximum absolute atomic E-state index is 5.60. The molecule has 0 aliphatic heterocycles. The molecule has 7 heteroatoms. The molecule has 0 saturated heterocycles. The van der Waals surface area contributed by atoms with Crippen LogP contribution in [-0.2, 0) is 4.84 Å². The van der Waals surface area contributed by atoms with Gasteiger partial charge in [-0.05, 0) is 0 Å². The minimum atomic E-state index is 0.0636. The van der Waals surface area contributed by atoms with Crippen LogP contribution in [0.2, 0.25) is 10.3 Å². The van der Waals surface area contributed by atoms with Crippen LogP contribution in [0.3, 0.4) is 0 Å². The summed E-state index contributed by atoms with van der Waals surface area (Å²) in [5.74, 6) is 0.148. The van der Waals surface area contributed by atoms with Gasteiger partial charge >= 0.3 is 0 Å². The highest BCUT2D eigenvalue weighted by Gasteiger charge is 2.06. The minimum Gasteiger partial charge on any atom is -0.399 e. The molecule has 1 heterocycles. The molecule has 0 atom stereocenters. The first-order valence-corrected chi connectivity index (χ1v) is 3.95. The van der Waals surface area contributed by atoms with Crippen LogP contribution in [0, 0.1) is 0 Å². The van der Waals surface area contributed by atoms with E-state index in [0.717, 1.165) is 0 Å². The van der Waals surface area contributed by atoms with E-state index in [-0.39, 0.29) is 16.1 Å². The summed E-state index contributed by atoms with van der Waals surface area (Å²) in [6.45, 7) is 0. The number of nitrogen functional groups attached to an aromatic ring is 1. The van der Waals surface area contributed by atoms with Crippen molar-refractivity contribution in [3.8, 4) is 0 Å². The smallest absolute Gasteiger partial charge is 0.168 e. The van der Waals surface area contributed by atoms with Crippen LogP contribution < -0.4 is 5.73 Å². The first kappa shape index (κ1) is 10.0. The van der Waals surface area contributed by atoms with Crippen molar-refractivity contribution in [2.45, 2.75) is 0 Å². The fourth-order valence-electron chi connectivity index (χ4n) is 0.616. The highest BCUT2D eigenvalue weighted by molar-refractivity contribution is 6.40. The number of anilines is 1. The van der Waals surface area contributed by atoms with E-state index in [4.69, 9.17) is 28.9 Å². The van der Waals surface area contributed by atoms with Gasteiger partial charge in [0.15, 0.2) is 16.1 Å². The first-order valence-electron chi connectivity index (χ1n) is 3.20. The maximum Gasteiger partial charge on any atom is 0.168 e. The van der Waals surface area contributed by atoms with E-state index in [2.05, 4.69) is 20.0 Å². The van der Waals surface area contributed by atoms with E-state index < -0.39 is 0 Å².